The lowest BCUT2D eigenvalue weighted by Gasteiger charge is -2.26. The highest BCUT2D eigenvalue weighted by Crippen LogP contribution is 2.44. The number of carboxylic acids is 1. The van der Waals surface area contributed by atoms with Gasteiger partial charge in [0.25, 0.3) is 0 Å². The molecular formula is C22H30N2O2. The molecule has 0 unspecified atom stereocenters. The Morgan fingerprint density at radius 3 is 2.54 bits per heavy atom. The molecule has 0 heterocycles. The van der Waals surface area contributed by atoms with Crippen molar-refractivity contribution in [2.75, 3.05) is 5.32 Å². The first-order chi connectivity index (χ1) is 12.0. The number of fused-ring (bicyclic) bond motifs is 1. The van der Waals surface area contributed by atoms with Crippen molar-refractivity contribution < 1.29 is 9.90 Å². The van der Waals surface area contributed by atoms with E-state index >= 15 is 0 Å². The summed E-state index contributed by atoms with van der Waals surface area (Å²) in [6.07, 6.45) is 4.97. The van der Waals surface area contributed by atoms with Gasteiger partial charge in [-0.15, -0.1) is 0 Å². The average molecular weight is 354 g/mol. The van der Waals surface area contributed by atoms with Crippen LogP contribution in [0.15, 0.2) is 41.2 Å². The second-order valence-corrected chi connectivity index (χ2v) is 8.56. The number of nitrogens with one attached hydrogen (secondary N) is 1. The molecule has 0 bridgehead atoms. The van der Waals surface area contributed by atoms with E-state index in [1.165, 1.54) is 29.0 Å². The fraction of sp³-hybridized carbons (Fsp3) is 0.455. The molecule has 1 aliphatic carbocycles. The minimum Gasteiger partial charge on any atom is -0.478 e. The fourth-order valence-corrected chi connectivity index (χ4v) is 3.25. The normalized spacial score (nSPS) is 16.6. The molecule has 0 fully saturated rings. The van der Waals surface area contributed by atoms with Crippen LogP contribution in [-0.4, -0.2) is 17.3 Å². The number of carbonyl (C=O) groups is 1. The summed E-state index contributed by atoms with van der Waals surface area (Å²) < 4.78 is 0. The second kappa shape index (κ2) is 7.10. The molecule has 140 valence electrons. The summed E-state index contributed by atoms with van der Waals surface area (Å²) in [7, 11) is 0. The Hall–Kier alpha value is -2.36. The van der Waals surface area contributed by atoms with Gasteiger partial charge >= 0.3 is 5.97 Å². The van der Waals surface area contributed by atoms with Crippen LogP contribution in [0, 0.1) is 0 Å². The van der Waals surface area contributed by atoms with Crippen molar-refractivity contribution in [2.45, 2.75) is 65.2 Å². The van der Waals surface area contributed by atoms with Gasteiger partial charge in [-0.3, -0.25) is 0 Å². The van der Waals surface area contributed by atoms with Gasteiger partial charge in [0, 0.05) is 11.9 Å². The van der Waals surface area contributed by atoms with Crippen molar-refractivity contribution in [3.8, 4) is 0 Å². The lowest BCUT2D eigenvalue weighted by atomic mass is 9.80. The number of rotatable bonds is 5. The van der Waals surface area contributed by atoms with Gasteiger partial charge in [0.1, 0.15) is 5.82 Å². The zero-order chi connectivity index (χ0) is 19.7. The Labute approximate surface area is 156 Å². The summed E-state index contributed by atoms with van der Waals surface area (Å²) in [5.74, 6) is -0.565. The van der Waals surface area contributed by atoms with Gasteiger partial charge in [0.15, 0.2) is 0 Å². The van der Waals surface area contributed by atoms with Gasteiger partial charge < -0.3 is 10.4 Å². The summed E-state index contributed by atoms with van der Waals surface area (Å²) in [4.78, 5) is 15.3. The minimum atomic E-state index is -0.999. The molecule has 4 nitrogen and oxygen atoms in total. The van der Waals surface area contributed by atoms with Crippen LogP contribution in [0.4, 0.5) is 5.69 Å². The maximum atomic E-state index is 11.1. The zero-order valence-electron chi connectivity index (χ0n) is 16.7. The summed E-state index contributed by atoms with van der Waals surface area (Å²) in [5, 5.41) is 12.4. The molecule has 0 radical (unpaired) electrons. The molecule has 0 atom stereocenters. The maximum absolute atomic E-state index is 11.1. The number of hydrogen-bond acceptors (Lipinski definition) is 3. The number of allylic oxidation sites excluding steroid dienone is 1. The minimum absolute atomic E-state index is 0.0379. The van der Waals surface area contributed by atoms with Gasteiger partial charge in [0.2, 0.25) is 0 Å². The van der Waals surface area contributed by atoms with Crippen LogP contribution in [0.2, 0.25) is 0 Å². The van der Waals surface area contributed by atoms with Crippen LogP contribution < -0.4 is 5.32 Å². The quantitative estimate of drug-likeness (QED) is 0.565. The summed E-state index contributed by atoms with van der Waals surface area (Å²) in [5.41, 5.74) is 5.31. The van der Waals surface area contributed by atoms with E-state index in [0.29, 0.717) is 5.82 Å². The van der Waals surface area contributed by atoms with E-state index in [9.17, 15) is 4.79 Å². The smallest absolute Gasteiger partial charge is 0.336 e. The maximum Gasteiger partial charge on any atom is 0.336 e. The number of carboxylic acid groups (broad SMARTS) is 1. The molecule has 2 rings (SSSR count). The average Bonchev–Trinajstić information content (AvgIpc) is 2.82. The van der Waals surface area contributed by atoms with Gasteiger partial charge in [-0.05, 0) is 53.4 Å². The molecule has 26 heavy (non-hydrogen) atoms. The lowest BCUT2D eigenvalue weighted by molar-refractivity contribution is -0.132. The Morgan fingerprint density at radius 1 is 1.35 bits per heavy atom. The number of aliphatic carboxylic acids is 1. The first-order valence-electron chi connectivity index (χ1n) is 9.03. The summed E-state index contributed by atoms with van der Waals surface area (Å²) in [6, 6.07) is 4.51. The molecule has 1 aliphatic rings. The van der Waals surface area contributed by atoms with Gasteiger partial charge in [-0.2, -0.15) is 0 Å². The van der Waals surface area contributed by atoms with E-state index in [0.717, 1.165) is 18.5 Å². The highest BCUT2D eigenvalue weighted by atomic mass is 16.4. The highest BCUT2D eigenvalue weighted by molar-refractivity contribution is 6.08. The molecular weight excluding hydrogens is 324 g/mol. The molecule has 1 aromatic rings. The predicted octanol–water partition coefficient (Wildman–Crippen LogP) is 5.19. The first-order valence-corrected chi connectivity index (χ1v) is 9.03. The van der Waals surface area contributed by atoms with Crippen molar-refractivity contribution in [2.24, 2.45) is 4.99 Å². The van der Waals surface area contributed by atoms with Crippen LogP contribution >= 0.6 is 0 Å². The first kappa shape index (κ1) is 20.0. The van der Waals surface area contributed by atoms with E-state index in [2.05, 4.69) is 63.6 Å². The number of anilines is 1. The molecule has 0 aromatic heterocycles. The zero-order valence-corrected chi connectivity index (χ0v) is 16.7. The monoisotopic (exact) mass is 354 g/mol. The molecule has 0 saturated carbocycles. The van der Waals surface area contributed by atoms with Crippen molar-refractivity contribution >= 4 is 17.9 Å². The molecule has 0 amide bonds. The Kier molecular flexibility index (Phi) is 5.45. The van der Waals surface area contributed by atoms with E-state index in [1.807, 2.05) is 0 Å². The highest BCUT2D eigenvalue weighted by Gasteiger charge is 2.33. The standard InChI is InChI=1S/C22H30N2O2/c1-8-15(20(25)26)13-23-14(2)24-19-12-16(21(3,4)5)11-18-17(19)9-10-22(18,6)7/h8,11-13,24H,2,9-10H2,1,3-7H3,(H,25,26)/b15-8+,23-13?. The number of hydrogen-bond donors (Lipinski definition) is 2. The van der Waals surface area contributed by atoms with E-state index in [4.69, 9.17) is 5.11 Å². The largest absolute Gasteiger partial charge is 0.478 e. The van der Waals surface area contributed by atoms with Gasteiger partial charge in [-0.1, -0.05) is 53.3 Å². The second-order valence-electron chi connectivity index (χ2n) is 8.56. The molecule has 0 spiro atoms. The van der Waals surface area contributed by atoms with Crippen LogP contribution in [0.1, 0.15) is 64.7 Å². The SMILES string of the molecule is C=C(N=C/C(=C\C)C(=O)O)Nc1cc(C(C)(C)C)cc2c1CCC2(C)C. The van der Waals surface area contributed by atoms with Crippen molar-refractivity contribution in [3.05, 3.63) is 52.9 Å². The molecule has 4 heteroatoms. The third-order valence-electron chi connectivity index (χ3n) is 5.04. The number of benzene rings is 1. The van der Waals surface area contributed by atoms with Gasteiger partial charge in [0.05, 0.1) is 5.57 Å². The van der Waals surface area contributed by atoms with E-state index in [-0.39, 0.29) is 16.4 Å². The number of aliphatic imine (C=N–C) groups is 1. The fourth-order valence-electron chi connectivity index (χ4n) is 3.25. The third kappa shape index (κ3) is 4.24. The van der Waals surface area contributed by atoms with Crippen molar-refractivity contribution in [1.29, 1.82) is 0 Å². The van der Waals surface area contributed by atoms with Crippen molar-refractivity contribution in [1.82, 2.24) is 0 Å². The predicted molar refractivity (Wildman–Crippen MR) is 109 cm³/mol. The Morgan fingerprint density at radius 2 is 2.00 bits per heavy atom. The molecule has 0 aliphatic heterocycles. The number of nitrogens with zero attached hydrogens (tertiary/aromatic N) is 1. The topological polar surface area (TPSA) is 61.7 Å². The Bertz CT molecular complexity index is 793. The molecule has 0 saturated heterocycles. The van der Waals surface area contributed by atoms with Gasteiger partial charge in [-0.25, -0.2) is 9.79 Å². The van der Waals surface area contributed by atoms with Crippen molar-refractivity contribution in [3.63, 3.8) is 0 Å². The molecule has 1 aromatic carbocycles. The van der Waals surface area contributed by atoms with Crippen LogP contribution in [0.5, 0.6) is 0 Å². The lowest BCUT2D eigenvalue weighted by Crippen LogP contribution is -2.17. The molecule has 2 N–H and O–H groups in total. The van der Waals surface area contributed by atoms with E-state index in [1.54, 1.807) is 6.92 Å². The van der Waals surface area contributed by atoms with Crippen LogP contribution in [0.25, 0.3) is 0 Å². The Balaban J connectivity index is 2.38. The van der Waals surface area contributed by atoms with E-state index < -0.39 is 5.97 Å². The third-order valence-corrected chi connectivity index (χ3v) is 5.04. The van der Waals surface area contributed by atoms with Crippen LogP contribution in [0.3, 0.4) is 0 Å². The summed E-state index contributed by atoms with van der Waals surface area (Å²) in [6.45, 7) is 16.8. The van der Waals surface area contributed by atoms with Crippen LogP contribution in [-0.2, 0) is 22.0 Å². The summed E-state index contributed by atoms with van der Waals surface area (Å²) >= 11 is 0.